The van der Waals surface area contributed by atoms with Crippen LogP contribution in [0.3, 0.4) is 0 Å². The van der Waals surface area contributed by atoms with E-state index < -0.39 is 0 Å². The van der Waals surface area contributed by atoms with Crippen molar-refractivity contribution in [2.24, 2.45) is 5.92 Å². The van der Waals surface area contributed by atoms with Gasteiger partial charge in [0.2, 0.25) is 0 Å². The van der Waals surface area contributed by atoms with Crippen molar-refractivity contribution < 1.29 is 9.53 Å². The summed E-state index contributed by atoms with van der Waals surface area (Å²) in [5.41, 5.74) is 3.08. The molecule has 0 radical (unpaired) electrons. The maximum Gasteiger partial charge on any atom is 0.309 e. The van der Waals surface area contributed by atoms with Crippen molar-refractivity contribution in [1.82, 2.24) is 14.3 Å². The molecule has 0 fully saturated rings. The Balaban J connectivity index is 1.79. The number of fused-ring (bicyclic) bond motifs is 1. The minimum absolute atomic E-state index is 0.193. The zero-order chi connectivity index (χ0) is 18.5. The molecule has 0 saturated carbocycles. The van der Waals surface area contributed by atoms with Gasteiger partial charge in [0.1, 0.15) is 5.65 Å². The van der Waals surface area contributed by atoms with Crippen molar-refractivity contribution in [3.05, 3.63) is 70.6 Å². The van der Waals surface area contributed by atoms with Crippen LogP contribution in [0.15, 0.2) is 59.3 Å². The number of carbonyl (C=O) groups is 1. The first-order valence-electron chi connectivity index (χ1n) is 8.52. The molecule has 3 aromatic rings. The normalized spacial score (nSPS) is 12.5. The molecule has 1 atom stereocenters. The average Bonchev–Trinajstić information content (AvgIpc) is 3.02. The van der Waals surface area contributed by atoms with Gasteiger partial charge >= 0.3 is 5.97 Å². The van der Waals surface area contributed by atoms with E-state index in [0.717, 1.165) is 22.4 Å². The molecule has 136 valence electrons. The van der Waals surface area contributed by atoms with Crippen LogP contribution in [0.2, 0.25) is 0 Å². The summed E-state index contributed by atoms with van der Waals surface area (Å²) in [7, 11) is 1.43. The number of nitrogens with zero attached hydrogens (tertiary/aromatic N) is 3. The predicted molar refractivity (Wildman–Crippen MR) is 105 cm³/mol. The second kappa shape index (κ2) is 8.47. The van der Waals surface area contributed by atoms with E-state index in [1.807, 2.05) is 54.0 Å². The molecule has 1 aromatic carbocycles. The molecule has 1 unspecified atom stereocenters. The predicted octanol–water partition coefficient (Wildman–Crippen LogP) is 3.91. The zero-order valence-corrected chi connectivity index (χ0v) is 16.5. The third kappa shape index (κ3) is 4.71. The van der Waals surface area contributed by atoms with Crippen LogP contribution < -0.4 is 0 Å². The van der Waals surface area contributed by atoms with E-state index in [-0.39, 0.29) is 11.9 Å². The van der Waals surface area contributed by atoms with Gasteiger partial charge in [0.25, 0.3) is 0 Å². The topological polar surface area (TPSA) is 46.8 Å². The van der Waals surface area contributed by atoms with E-state index in [4.69, 9.17) is 9.72 Å². The fourth-order valence-corrected chi connectivity index (χ4v) is 3.36. The molecule has 0 saturated heterocycles. The standard InChI is InChI=1S/C20H22BrN3O2/c1-15(20(25)26-2)10-23(11-16-6-4-3-5-7-16)13-18-14-24-12-17(21)8-9-19(24)22-18/h3-9,12,14-15H,10-11,13H2,1-2H3. The number of aromatic nitrogens is 2. The Labute approximate surface area is 161 Å². The third-order valence-electron chi connectivity index (χ3n) is 4.24. The second-order valence-corrected chi connectivity index (χ2v) is 7.34. The quantitative estimate of drug-likeness (QED) is 0.548. The number of methoxy groups -OCH3 is 1. The molecular weight excluding hydrogens is 394 g/mol. The van der Waals surface area contributed by atoms with E-state index in [9.17, 15) is 4.79 Å². The van der Waals surface area contributed by atoms with Gasteiger partial charge in [-0.05, 0) is 33.6 Å². The van der Waals surface area contributed by atoms with E-state index in [0.29, 0.717) is 13.1 Å². The highest BCUT2D eigenvalue weighted by Gasteiger charge is 2.19. The molecule has 0 N–H and O–H groups in total. The summed E-state index contributed by atoms with van der Waals surface area (Å²) in [5.74, 6) is -0.392. The maximum atomic E-state index is 11.9. The summed E-state index contributed by atoms with van der Waals surface area (Å²) in [5, 5.41) is 0. The van der Waals surface area contributed by atoms with E-state index in [1.54, 1.807) is 0 Å². The average molecular weight is 416 g/mol. The number of halogens is 1. The molecular formula is C20H22BrN3O2. The molecule has 0 aliphatic rings. The van der Waals surface area contributed by atoms with Gasteiger partial charge < -0.3 is 9.14 Å². The van der Waals surface area contributed by atoms with Gasteiger partial charge in [-0.2, -0.15) is 0 Å². The van der Waals surface area contributed by atoms with Crippen molar-refractivity contribution in [2.75, 3.05) is 13.7 Å². The Morgan fingerprint density at radius 1 is 1.19 bits per heavy atom. The Hall–Kier alpha value is -2.18. The molecule has 26 heavy (non-hydrogen) atoms. The maximum absolute atomic E-state index is 11.9. The van der Waals surface area contributed by atoms with Gasteiger partial charge in [-0.3, -0.25) is 9.69 Å². The lowest BCUT2D eigenvalue weighted by Gasteiger charge is -2.24. The van der Waals surface area contributed by atoms with Gasteiger partial charge in [0, 0.05) is 36.5 Å². The molecule has 0 bridgehead atoms. The highest BCUT2D eigenvalue weighted by atomic mass is 79.9. The van der Waals surface area contributed by atoms with Gasteiger partial charge in [0.15, 0.2) is 0 Å². The Kier molecular flexibility index (Phi) is 6.06. The minimum Gasteiger partial charge on any atom is -0.469 e. The Morgan fingerprint density at radius 2 is 1.96 bits per heavy atom. The first-order chi connectivity index (χ1) is 12.5. The van der Waals surface area contributed by atoms with Crippen LogP contribution in [-0.2, 0) is 22.6 Å². The smallest absolute Gasteiger partial charge is 0.309 e. The molecule has 0 aliphatic carbocycles. The number of hydrogen-bond acceptors (Lipinski definition) is 4. The molecule has 0 amide bonds. The summed E-state index contributed by atoms with van der Waals surface area (Å²) < 4.78 is 7.90. The molecule has 2 aromatic heterocycles. The first-order valence-corrected chi connectivity index (χ1v) is 9.31. The number of hydrogen-bond donors (Lipinski definition) is 0. The van der Waals surface area contributed by atoms with Gasteiger partial charge in [0.05, 0.1) is 18.7 Å². The van der Waals surface area contributed by atoms with E-state index in [1.165, 1.54) is 12.7 Å². The van der Waals surface area contributed by atoms with E-state index in [2.05, 4.69) is 33.0 Å². The number of rotatable bonds is 7. The molecule has 5 nitrogen and oxygen atoms in total. The van der Waals surface area contributed by atoms with Crippen LogP contribution in [0.5, 0.6) is 0 Å². The summed E-state index contributed by atoms with van der Waals surface area (Å²) in [6.07, 6.45) is 4.02. The Bertz CT molecular complexity index is 879. The van der Waals surface area contributed by atoms with Crippen LogP contribution in [0.1, 0.15) is 18.2 Å². The number of ether oxygens (including phenoxy) is 1. The number of pyridine rings is 1. The highest BCUT2D eigenvalue weighted by Crippen LogP contribution is 2.16. The molecule has 2 heterocycles. The number of benzene rings is 1. The SMILES string of the molecule is COC(=O)C(C)CN(Cc1ccccc1)Cc1cn2cc(Br)ccc2n1. The fraction of sp³-hybridized carbons (Fsp3) is 0.300. The minimum atomic E-state index is -0.199. The van der Waals surface area contributed by atoms with Crippen molar-refractivity contribution in [3.8, 4) is 0 Å². The van der Waals surface area contributed by atoms with Crippen LogP contribution in [0, 0.1) is 5.92 Å². The van der Waals surface area contributed by atoms with E-state index >= 15 is 0 Å². The lowest BCUT2D eigenvalue weighted by Crippen LogP contribution is -2.32. The highest BCUT2D eigenvalue weighted by molar-refractivity contribution is 9.10. The fourth-order valence-electron chi connectivity index (χ4n) is 3.01. The van der Waals surface area contributed by atoms with Crippen molar-refractivity contribution in [1.29, 1.82) is 0 Å². The zero-order valence-electron chi connectivity index (χ0n) is 14.9. The third-order valence-corrected chi connectivity index (χ3v) is 4.70. The monoisotopic (exact) mass is 415 g/mol. The first kappa shape index (κ1) is 18.6. The summed E-state index contributed by atoms with van der Waals surface area (Å²) in [4.78, 5) is 18.8. The van der Waals surface area contributed by atoms with Crippen LogP contribution in [0.25, 0.3) is 5.65 Å². The largest absolute Gasteiger partial charge is 0.469 e. The van der Waals surface area contributed by atoms with Gasteiger partial charge in [-0.15, -0.1) is 0 Å². The van der Waals surface area contributed by atoms with Crippen molar-refractivity contribution in [2.45, 2.75) is 20.0 Å². The number of esters is 1. The van der Waals surface area contributed by atoms with Crippen LogP contribution in [0.4, 0.5) is 0 Å². The summed E-state index contributed by atoms with van der Waals surface area (Å²) in [6.45, 7) is 3.92. The number of carbonyl (C=O) groups excluding carboxylic acids is 1. The lowest BCUT2D eigenvalue weighted by molar-refractivity contribution is -0.145. The van der Waals surface area contributed by atoms with Crippen molar-refractivity contribution in [3.63, 3.8) is 0 Å². The lowest BCUT2D eigenvalue weighted by atomic mass is 10.1. The van der Waals surface area contributed by atoms with Crippen LogP contribution in [-0.4, -0.2) is 33.9 Å². The molecule has 0 aliphatic heterocycles. The molecule has 6 heteroatoms. The molecule has 3 rings (SSSR count). The van der Waals surface area contributed by atoms with Crippen LogP contribution >= 0.6 is 15.9 Å². The van der Waals surface area contributed by atoms with Crippen molar-refractivity contribution >= 4 is 27.5 Å². The van der Waals surface area contributed by atoms with Gasteiger partial charge in [-0.1, -0.05) is 37.3 Å². The number of imidazole rings is 1. The van der Waals surface area contributed by atoms with Gasteiger partial charge in [-0.25, -0.2) is 4.98 Å². The summed E-state index contributed by atoms with van der Waals surface area (Å²) >= 11 is 3.48. The molecule has 0 spiro atoms. The summed E-state index contributed by atoms with van der Waals surface area (Å²) in [6, 6.07) is 14.2. The second-order valence-electron chi connectivity index (χ2n) is 6.42. The Morgan fingerprint density at radius 3 is 2.69 bits per heavy atom.